The van der Waals surface area contributed by atoms with Crippen molar-refractivity contribution in [3.05, 3.63) is 0 Å². The Morgan fingerprint density at radius 2 is 1.69 bits per heavy atom. The van der Waals surface area contributed by atoms with Gasteiger partial charge >= 0.3 is 10.1 Å². The molecule has 6 N–H and O–H groups in total. The molecule has 0 amide bonds. The van der Waals surface area contributed by atoms with Crippen molar-refractivity contribution in [3.63, 3.8) is 0 Å². The second kappa shape index (κ2) is 5.14. The molecule has 16 heavy (non-hydrogen) atoms. The van der Waals surface area contributed by atoms with Gasteiger partial charge in [-0.05, 0) is 0 Å². The van der Waals surface area contributed by atoms with Crippen molar-refractivity contribution < 1.29 is 43.3 Å². The van der Waals surface area contributed by atoms with E-state index in [0.717, 1.165) is 0 Å². The Labute approximate surface area is 90.3 Å². The van der Waals surface area contributed by atoms with Crippen LogP contribution in [0.5, 0.6) is 0 Å². The SMILES string of the molecule is O=C[C@H](O)[C@@](O)([C@@H](O)[C@H](O)CO)S(=O)(=O)O. The van der Waals surface area contributed by atoms with E-state index < -0.39 is 46.3 Å². The number of carbonyl (C=O) groups is 1. The zero-order valence-corrected chi connectivity index (χ0v) is 8.65. The molecule has 0 saturated carbocycles. The van der Waals surface area contributed by atoms with Crippen LogP contribution in [0.25, 0.3) is 0 Å². The lowest BCUT2D eigenvalue weighted by Crippen LogP contribution is -2.62. The molecule has 0 fully saturated rings. The van der Waals surface area contributed by atoms with E-state index in [-0.39, 0.29) is 0 Å². The maximum Gasteiger partial charge on any atom is 0.300 e. The van der Waals surface area contributed by atoms with E-state index in [9.17, 15) is 18.3 Å². The van der Waals surface area contributed by atoms with Crippen LogP contribution in [-0.2, 0) is 14.9 Å². The van der Waals surface area contributed by atoms with Crippen LogP contribution in [-0.4, -0.2) is 74.6 Å². The Hall–Kier alpha value is -0.620. The molecule has 0 unspecified atom stereocenters. The molecule has 0 aliphatic carbocycles. The van der Waals surface area contributed by atoms with E-state index in [4.69, 9.17) is 25.0 Å². The molecule has 4 atom stereocenters. The molecule has 96 valence electrons. The average Bonchev–Trinajstić information content (AvgIpc) is 2.22. The molecule has 0 aromatic carbocycles. The largest absolute Gasteiger partial charge is 0.394 e. The van der Waals surface area contributed by atoms with E-state index in [0.29, 0.717) is 0 Å². The minimum absolute atomic E-state index is 0.457. The van der Waals surface area contributed by atoms with E-state index in [1.54, 1.807) is 0 Å². The molecule has 0 bridgehead atoms. The van der Waals surface area contributed by atoms with Gasteiger partial charge in [-0.25, -0.2) is 0 Å². The first-order chi connectivity index (χ1) is 7.12. The molecule has 0 aromatic rings. The van der Waals surface area contributed by atoms with Crippen molar-refractivity contribution in [2.24, 2.45) is 0 Å². The fourth-order valence-corrected chi connectivity index (χ4v) is 1.78. The topological polar surface area (TPSA) is 173 Å². The monoisotopic (exact) mass is 260 g/mol. The first-order valence-electron chi connectivity index (χ1n) is 3.92. The Morgan fingerprint density at radius 1 is 1.25 bits per heavy atom. The van der Waals surface area contributed by atoms with Gasteiger partial charge in [-0.1, -0.05) is 0 Å². The second-order valence-corrected chi connectivity index (χ2v) is 4.61. The Kier molecular flexibility index (Phi) is 4.94. The number of carbonyl (C=O) groups excluding carboxylic acids is 1. The quantitative estimate of drug-likeness (QED) is 0.204. The zero-order chi connectivity index (χ0) is 13.1. The normalized spacial score (nSPS) is 21.9. The number of rotatable bonds is 6. The van der Waals surface area contributed by atoms with Gasteiger partial charge in [0.1, 0.15) is 12.2 Å². The third kappa shape index (κ3) is 2.55. The van der Waals surface area contributed by atoms with Gasteiger partial charge in [0.25, 0.3) is 4.93 Å². The number of aliphatic hydroxyl groups excluding tert-OH is 4. The lowest BCUT2D eigenvalue weighted by Gasteiger charge is -2.33. The maximum atomic E-state index is 10.7. The van der Waals surface area contributed by atoms with Gasteiger partial charge in [-0.2, -0.15) is 8.42 Å². The van der Waals surface area contributed by atoms with Crippen molar-refractivity contribution in [3.8, 4) is 0 Å². The summed E-state index contributed by atoms with van der Waals surface area (Å²) in [6, 6.07) is 0. The molecular weight excluding hydrogens is 248 g/mol. The summed E-state index contributed by atoms with van der Waals surface area (Å²) in [5, 5.41) is 44.7. The zero-order valence-electron chi connectivity index (χ0n) is 7.83. The van der Waals surface area contributed by atoms with Gasteiger partial charge in [0.15, 0.2) is 12.4 Å². The van der Waals surface area contributed by atoms with Gasteiger partial charge in [0.2, 0.25) is 0 Å². The van der Waals surface area contributed by atoms with Gasteiger partial charge < -0.3 is 30.3 Å². The van der Waals surface area contributed by atoms with Gasteiger partial charge in [-0.3, -0.25) is 4.55 Å². The summed E-state index contributed by atoms with van der Waals surface area (Å²) in [6.45, 7) is -1.16. The minimum atomic E-state index is -5.48. The van der Waals surface area contributed by atoms with Gasteiger partial charge in [0, 0.05) is 0 Å². The van der Waals surface area contributed by atoms with E-state index in [1.165, 1.54) is 0 Å². The molecule has 0 saturated heterocycles. The lowest BCUT2D eigenvalue weighted by molar-refractivity contribution is -0.150. The van der Waals surface area contributed by atoms with Gasteiger partial charge in [0.05, 0.1) is 6.61 Å². The molecule has 0 aliphatic heterocycles. The molecular formula is C6H12O9S. The highest BCUT2D eigenvalue weighted by Gasteiger charge is 2.56. The van der Waals surface area contributed by atoms with Crippen molar-refractivity contribution in [2.45, 2.75) is 23.2 Å². The van der Waals surface area contributed by atoms with Crippen LogP contribution in [0.4, 0.5) is 0 Å². The Bertz CT molecular complexity index is 338. The van der Waals surface area contributed by atoms with Crippen LogP contribution < -0.4 is 0 Å². The van der Waals surface area contributed by atoms with Crippen molar-refractivity contribution in [1.82, 2.24) is 0 Å². The molecule has 0 spiro atoms. The number of aliphatic hydroxyl groups is 5. The predicted octanol–water partition coefficient (Wildman–Crippen LogP) is -4.16. The van der Waals surface area contributed by atoms with Crippen molar-refractivity contribution in [1.29, 1.82) is 0 Å². The molecule has 9 nitrogen and oxygen atoms in total. The summed E-state index contributed by atoms with van der Waals surface area (Å²) in [5.41, 5.74) is 0. The number of hydrogen-bond donors (Lipinski definition) is 6. The summed E-state index contributed by atoms with van der Waals surface area (Å²) in [6.07, 6.45) is -8.01. The molecule has 0 aromatic heterocycles. The first-order valence-corrected chi connectivity index (χ1v) is 5.36. The van der Waals surface area contributed by atoms with Crippen LogP contribution in [0.1, 0.15) is 0 Å². The molecule has 0 rings (SSSR count). The van der Waals surface area contributed by atoms with Crippen LogP contribution in [0.15, 0.2) is 0 Å². The summed E-state index contributed by atoms with van der Waals surface area (Å²) in [7, 11) is -5.48. The molecule has 0 radical (unpaired) electrons. The van der Waals surface area contributed by atoms with Crippen LogP contribution in [0.2, 0.25) is 0 Å². The second-order valence-electron chi connectivity index (χ2n) is 3.00. The Morgan fingerprint density at radius 3 is 1.94 bits per heavy atom. The lowest BCUT2D eigenvalue weighted by atomic mass is 10.0. The first kappa shape index (κ1) is 15.4. The van der Waals surface area contributed by atoms with E-state index >= 15 is 0 Å². The third-order valence-electron chi connectivity index (χ3n) is 1.94. The maximum absolute atomic E-state index is 10.7. The summed E-state index contributed by atoms with van der Waals surface area (Å²) in [5.74, 6) is 0. The molecule has 0 heterocycles. The van der Waals surface area contributed by atoms with Crippen LogP contribution >= 0.6 is 0 Å². The highest BCUT2D eigenvalue weighted by atomic mass is 32.2. The smallest absolute Gasteiger partial charge is 0.300 e. The average molecular weight is 260 g/mol. The van der Waals surface area contributed by atoms with Crippen LogP contribution in [0.3, 0.4) is 0 Å². The summed E-state index contributed by atoms with van der Waals surface area (Å²) >= 11 is 0. The summed E-state index contributed by atoms with van der Waals surface area (Å²) in [4.78, 5) is 6.46. The predicted molar refractivity (Wildman–Crippen MR) is 47.7 cm³/mol. The van der Waals surface area contributed by atoms with Crippen molar-refractivity contribution in [2.75, 3.05) is 6.61 Å². The van der Waals surface area contributed by atoms with E-state index in [2.05, 4.69) is 0 Å². The molecule has 10 heteroatoms. The number of aldehydes is 1. The van der Waals surface area contributed by atoms with Crippen LogP contribution in [0, 0.1) is 0 Å². The fourth-order valence-electron chi connectivity index (χ4n) is 0.953. The molecule has 0 aliphatic rings. The highest BCUT2D eigenvalue weighted by Crippen LogP contribution is 2.24. The minimum Gasteiger partial charge on any atom is -0.394 e. The number of hydrogen-bond acceptors (Lipinski definition) is 8. The Balaban J connectivity index is 5.51. The summed E-state index contributed by atoms with van der Waals surface area (Å²) < 4.78 is 30.1. The van der Waals surface area contributed by atoms with E-state index in [1.807, 2.05) is 0 Å². The fraction of sp³-hybridized carbons (Fsp3) is 0.833. The van der Waals surface area contributed by atoms with Gasteiger partial charge in [-0.15, -0.1) is 0 Å². The highest BCUT2D eigenvalue weighted by molar-refractivity contribution is 7.87. The standard InChI is InChI=1S/C6H12O9S/c7-1-3(9)5(11)6(12,4(10)2-8)16(13,14)15/h2-5,7,9-12H,1H2,(H,13,14,15)/t3-,4+,5+,6+/m1/s1. The third-order valence-corrected chi connectivity index (χ3v) is 3.25. The van der Waals surface area contributed by atoms with Crippen molar-refractivity contribution >= 4 is 16.4 Å².